The fourth-order valence-electron chi connectivity index (χ4n) is 3.10. The van der Waals surface area contributed by atoms with Crippen LogP contribution < -0.4 is 14.9 Å². The fraction of sp³-hybridized carbons (Fsp3) is 0.381. The maximum absolute atomic E-state index is 12.6. The third-order valence-corrected chi connectivity index (χ3v) is 7.44. The fourth-order valence-corrected chi connectivity index (χ4v) is 5.72. The van der Waals surface area contributed by atoms with Gasteiger partial charge in [0.15, 0.2) is 0 Å². The third kappa shape index (κ3) is 5.91. The van der Waals surface area contributed by atoms with Crippen LogP contribution in [-0.4, -0.2) is 44.5 Å². The number of hydrogen-bond donors (Lipinski definition) is 2. The first-order chi connectivity index (χ1) is 14.0. The molecular weight excluding hydrogens is 442 g/mol. The molecule has 1 saturated heterocycles. The molecule has 0 aliphatic carbocycles. The van der Waals surface area contributed by atoms with Gasteiger partial charge in [-0.25, -0.2) is 13.1 Å². The maximum atomic E-state index is 12.6. The van der Waals surface area contributed by atoms with E-state index in [4.69, 9.17) is 11.6 Å². The van der Waals surface area contributed by atoms with Crippen LogP contribution in [0.3, 0.4) is 0 Å². The Labute approximate surface area is 187 Å². The summed E-state index contributed by atoms with van der Waals surface area (Å²) in [6.07, 6.45) is 0. The van der Waals surface area contributed by atoms with E-state index in [1.54, 1.807) is 26.8 Å². The molecule has 0 saturated carbocycles. The van der Waals surface area contributed by atoms with Gasteiger partial charge in [0.1, 0.15) is 0 Å². The summed E-state index contributed by atoms with van der Waals surface area (Å²) in [7, 11) is -3.65. The van der Waals surface area contributed by atoms with Crippen molar-refractivity contribution in [2.45, 2.75) is 31.2 Å². The Morgan fingerprint density at radius 3 is 2.27 bits per heavy atom. The number of benzene rings is 2. The minimum atomic E-state index is -3.65. The number of rotatable bonds is 5. The number of nitrogens with zero attached hydrogens (tertiary/aromatic N) is 1. The van der Waals surface area contributed by atoms with E-state index in [-0.39, 0.29) is 10.8 Å². The Hall–Kier alpha value is -1.74. The summed E-state index contributed by atoms with van der Waals surface area (Å²) in [4.78, 5) is 14.9. The lowest BCUT2D eigenvalue weighted by molar-refractivity contribution is 0.102. The number of sulfonamides is 1. The molecule has 1 fully saturated rings. The highest BCUT2D eigenvalue weighted by Gasteiger charge is 2.22. The van der Waals surface area contributed by atoms with Gasteiger partial charge in [-0.2, -0.15) is 11.8 Å². The first-order valence-electron chi connectivity index (χ1n) is 9.63. The standard InChI is InChI=1S/C21H26ClN3O3S2/c1-21(2,3)24-30(27,28)17-7-4-15(5-8-17)20(26)23-16-6-9-19(18(22)14-16)25-10-12-29-13-11-25/h4-9,14,24H,10-13H2,1-3H3,(H,23,26). The molecule has 0 unspecified atom stereocenters. The minimum absolute atomic E-state index is 0.112. The first kappa shape index (κ1) is 22.9. The van der Waals surface area contributed by atoms with Crippen LogP contribution in [0.4, 0.5) is 11.4 Å². The van der Waals surface area contributed by atoms with E-state index in [0.29, 0.717) is 16.3 Å². The molecule has 1 amide bonds. The average molecular weight is 468 g/mol. The van der Waals surface area contributed by atoms with Crippen molar-refractivity contribution in [1.29, 1.82) is 0 Å². The SMILES string of the molecule is CC(C)(C)NS(=O)(=O)c1ccc(C(=O)Nc2ccc(N3CCSCC3)c(Cl)c2)cc1. The van der Waals surface area contributed by atoms with E-state index in [2.05, 4.69) is 14.9 Å². The minimum Gasteiger partial charge on any atom is -0.369 e. The number of carbonyl (C=O) groups excluding carboxylic acids is 1. The van der Waals surface area contributed by atoms with E-state index in [1.807, 2.05) is 23.9 Å². The van der Waals surface area contributed by atoms with Crippen LogP contribution in [0.2, 0.25) is 5.02 Å². The van der Waals surface area contributed by atoms with Gasteiger partial charge in [0.2, 0.25) is 10.0 Å². The van der Waals surface area contributed by atoms with Crippen molar-refractivity contribution >= 4 is 50.7 Å². The van der Waals surface area contributed by atoms with Crippen molar-refractivity contribution in [1.82, 2.24) is 4.72 Å². The summed E-state index contributed by atoms with van der Waals surface area (Å²) in [6, 6.07) is 11.3. The third-order valence-electron chi connectivity index (χ3n) is 4.42. The normalized spacial score (nSPS) is 15.1. The summed E-state index contributed by atoms with van der Waals surface area (Å²) in [6.45, 7) is 7.22. The van der Waals surface area contributed by atoms with E-state index in [9.17, 15) is 13.2 Å². The van der Waals surface area contributed by atoms with Crippen LogP contribution in [0.1, 0.15) is 31.1 Å². The zero-order chi connectivity index (χ0) is 21.9. The second-order valence-electron chi connectivity index (χ2n) is 8.10. The Morgan fingerprint density at radius 2 is 1.70 bits per heavy atom. The largest absolute Gasteiger partial charge is 0.369 e. The number of thioether (sulfide) groups is 1. The number of amides is 1. The molecule has 1 aliphatic heterocycles. The molecule has 0 radical (unpaired) electrons. The lowest BCUT2D eigenvalue weighted by Gasteiger charge is -2.29. The molecular formula is C21H26ClN3O3S2. The van der Waals surface area contributed by atoms with Gasteiger partial charge < -0.3 is 10.2 Å². The van der Waals surface area contributed by atoms with Crippen molar-refractivity contribution in [3.8, 4) is 0 Å². The first-order valence-corrected chi connectivity index (χ1v) is 12.6. The number of hydrogen-bond acceptors (Lipinski definition) is 5. The summed E-state index contributed by atoms with van der Waals surface area (Å²) in [5, 5.41) is 3.41. The number of carbonyl (C=O) groups is 1. The summed E-state index contributed by atoms with van der Waals surface area (Å²) in [5.74, 6) is 1.82. The Morgan fingerprint density at radius 1 is 1.07 bits per heavy atom. The monoisotopic (exact) mass is 467 g/mol. The predicted octanol–water partition coefficient (Wildman–Crippen LogP) is 4.22. The van der Waals surface area contributed by atoms with Crippen molar-refractivity contribution in [3.63, 3.8) is 0 Å². The molecule has 0 spiro atoms. The highest BCUT2D eigenvalue weighted by molar-refractivity contribution is 7.99. The van der Waals surface area contributed by atoms with Crippen LogP contribution >= 0.6 is 23.4 Å². The van der Waals surface area contributed by atoms with Crippen molar-refractivity contribution in [2.24, 2.45) is 0 Å². The zero-order valence-electron chi connectivity index (χ0n) is 17.2. The van der Waals surface area contributed by atoms with Crippen molar-refractivity contribution < 1.29 is 13.2 Å². The molecule has 2 N–H and O–H groups in total. The second kappa shape index (κ2) is 9.18. The number of halogens is 1. The molecule has 2 aromatic rings. The van der Waals surface area contributed by atoms with Gasteiger partial charge in [-0.05, 0) is 63.2 Å². The van der Waals surface area contributed by atoms with Gasteiger partial charge in [0.25, 0.3) is 5.91 Å². The molecule has 1 heterocycles. The van der Waals surface area contributed by atoms with Crippen LogP contribution in [-0.2, 0) is 10.0 Å². The quantitative estimate of drug-likeness (QED) is 0.688. The van der Waals surface area contributed by atoms with E-state index < -0.39 is 15.6 Å². The van der Waals surface area contributed by atoms with Gasteiger partial charge in [-0.15, -0.1) is 0 Å². The molecule has 3 rings (SSSR count). The van der Waals surface area contributed by atoms with Crippen LogP contribution in [0.15, 0.2) is 47.4 Å². The molecule has 9 heteroatoms. The smallest absolute Gasteiger partial charge is 0.255 e. The zero-order valence-corrected chi connectivity index (χ0v) is 19.6. The predicted molar refractivity (Wildman–Crippen MR) is 125 cm³/mol. The lowest BCUT2D eigenvalue weighted by atomic mass is 10.1. The van der Waals surface area contributed by atoms with E-state index in [0.717, 1.165) is 30.3 Å². The molecule has 0 bridgehead atoms. The molecule has 1 aliphatic rings. The van der Waals surface area contributed by atoms with Gasteiger partial charge in [-0.1, -0.05) is 11.6 Å². The summed E-state index contributed by atoms with van der Waals surface area (Å²) < 4.78 is 27.4. The molecule has 30 heavy (non-hydrogen) atoms. The van der Waals surface area contributed by atoms with Crippen molar-refractivity contribution in [2.75, 3.05) is 34.8 Å². The Bertz CT molecular complexity index is 1010. The second-order valence-corrected chi connectivity index (χ2v) is 11.4. The van der Waals surface area contributed by atoms with Crippen LogP contribution in [0, 0.1) is 0 Å². The van der Waals surface area contributed by atoms with Gasteiger partial charge in [0, 0.05) is 41.4 Å². The summed E-state index contributed by atoms with van der Waals surface area (Å²) >= 11 is 8.37. The molecule has 6 nitrogen and oxygen atoms in total. The van der Waals surface area contributed by atoms with Crippen LogP contribution in [0.5, 0.6) is 0 Å². The maximum Gasteiger partial charge on any atom is 0.255 e. The molecule has 0 atom stereocenters. The van der Waals surface area contributed by atoms with Gasteiger partial charge in [-0.3, -0.25) is 4.79 Å². The Balaban J connectivity index is 1.69. The van der Waals surface area contributed by atoms with E-state index >= 15 is 0 Å². The Kier molecular flexibility index (Phi) is 7.02. The number of anilines is 2. The lowest BCUT2D eigenvalue weighted by Crippen LogP contribution is -2.40. The highest BCUT2D eigenvalue weighted by Crippen LogP contribution is 2.30. The summed E-state index contributed by atoms with van der Waals surface area (Å²) in [5.41, 5.74) is 1.33. The highest BCUT2D eigenvalue weighted by atomic mass is 35.5. The molecule has 2 aromatic carbocycles. The molecule has 162 valence electrons. The number of nitrogens with one attached hydrogen (secondary N) is 2. The van der Waals surface area contributed by atoms with Gasteiger partial charge >= 0.3 is 0 Å². The van der Waals surface area contributed by atoms with Crippen LogP contribution in [0.25, 0.3) is 0 Å². The van der Waals surface area contributed by atoms with Gasteiger partial charge in [0.05, 0.1) is 15.6 Å². The topological polar surface area (TPSA) is 78.5 Å². The molecule has 0 aromatic heterocycles. The average Bonchev–Trinajstić information content (AvgIpc) is 2.67. The van der Waals surface area contributed by atoms with E-state index in [1.165, 1.54) is 24.3 Å². The van der Waals surface area contributed by atoms with Crippen molar-refractivity contribution in [3.05, 3.63) is 53.1 Å².